The number of amides is 1. The number of benzene rings is 1. The van der Waals surface area contributed by atoms with Crippen molar-refractivity contribution in [1.82, 2.24) is 10.2 Å². The molecule has 1 aromatic carbocycles. The fourth-order valence-corrected chi connectivity index (χ4v) is 3.11. The first-order valence-electron chi connectivity index (χ1n) is 8.77. The van der Waals surface area contributed by atoms with E-state index in [-0.39, 0.29) is 12.5 Å². The van der Waals surface area contributed by atoms with Crippen LogP contribution in [0.3, 0.4) is 0 Å². The van der Waals surface area contributed by atoms with Gasteiger partial charge in [0.15, 0.2) is 6.61 Å². The minimum Gasteiger partial charge on any atom is -0.483 e. The first kappa shape index (κ1) is 18.7. The summed E-state index contributed by atoms with van der Waals surface area (Å²) in [5.74, 6) is 1.34. The molecule has 5 heteroatoms. The molecule has 0 atom stereocenters. The second-order valence-electron chi connectivity index (χ2n) is 6.59. The molecular weight excluding hydrogens is 304 g/mol. The summed E-state index contributed by atoms with van der Waals surface area (Å²) in [6.07, 6.45) is 2.25. The number of hydrogen-bond donors (Lipinski definition) is 1. The molecule has 2 rings (SSSR count). The lowest BCUT2D eigenvalue weighted by Crippen LogP contribution is -2.40. The number of likely N-dealkylation sites (tertiary alicyclic amines) is 1. The summed E-state index contributed by atoms with van der Waals surface area (Å²) in [6, 6.07) is 5.99. The van der Waals surface area contributed by atoms with E-state index in [4.69, 9.17) is 9.47 Å². The molecule has 24 heavy (non-hydrogen) atoms. The Morgan fingerprint density at radius 1 is 1.25 bits per heavy atom. The first-order chi connectivity index (χ1) is 11.6. The van der Waals surface area contributed by atoms with E-state index in [0.717, 1.165) is 62.5 Å². The van der Waals surface area contributed by atoms with Gasteiger partial charge < -0.3 is 19.7 Å². The molecule has 1 heterocycles. The van der Waals surface area contributed by atoms with Gasteiger partial charge in [-0.1, -0.05) is 18.2 Å². The predicted octanol–water partition coefficient (Wildman–Crippen LogP) is 2.16. The van der Waals surface area contributed by atoms with E-state index in [9.17, 15) is 4.79 Å². The number of para-hydroxylation sites is 1. The minimum absolute atomic E-state index is 0.0422. The highest BCUT2D eigenvalue weighted by Gasteiger charge is 2.19. The van der Waals surface area contributed by atoms with Gasteiger partial charge in [-0.25, -0.2) is 0 Å². The molecule has 1 amide bonds. The molecule has 1 aliphatic rings. The van der Waals surface area contributed by atoms with Gasteiger partial charge in [-0.05, 0) is 56.8 Å². The first-order valence-corrected chi connectivity index (χ1v) is 8.77. The minimum atomic E-state index is -0.0422. The second-order valence-corrected chi connectivity index (χ2v) is 6.59. The largest absolute Gasteiger partial charge is 0.483 e. The molecule has 0 radical (unpaired) electrons. The molecule has 0 saturated carbocycles. The third-order valence-electron chi connectivity index (χ3n) is 4.66. The highest BCUT2D eigenvalue weighted by Crippen LogP contribution is 2.22. The van der Waals surface area contributed by atoms with Crippen LogP contribution in [0.15, 0.2) is 18.2 Å². The van der Waals surface area contributed by atoms with E-state index in [1.165, 1.54) is 0 Å². The van der Waals surface area contributed by atoms with Crippen LogP contribution in [0.1, 0.15) is 24.0 Å². The zero-order valence-electron chi connectivity index (χ0n) is 15.1. The normalized spacial score (nSPS) is 16.1. The molecule has 0 bridgehead atoms. The van der Waals surface area contributed by atoms with Crippen LogP contribution >= 0.6 is 0 Å². The van der Waals surface area contributed by atoms with Crippen LogP contribution in [0.25, 0.3) is 0 Å². The Hall–Kier alpha value is -1.59. The lowest BCUT2D eigenvalue weighted by Gasteiger charge is -2.31. The summed E-state index contributed by atoms with van der Waals surface area (Å²) >= 11 is 0. The number of ether oxygens (including phenoxy) is 2. The number of rotatable bonds is 8. The van der Waals surface area contributed by atoms with Crippen molar-refractivity contribution in [3.05, 3.63) is 29.3 Å². The maximum atomic E-state index is 12.0. The summed E-state index contributed by atoms with van der Waals surface area (Å²) < 4.78 is 10.8. The quantitative estimate of drug-likeness (QED) is 0.791. The van der Waals surface area contributed by atoms with Crippen LogP contribution < -0.4 is 10.1 Å². The van der Waals surface area contributed by atoms with Crippen LogP contribution in [0.4, 0.5) is 0 Å². The Labute approximate surface area is 145 Å². The van der Waals surface area contributed by atoms with Gasteiger partial charge in [-0.3, -0.25) is 4.79 Å². The van der Waals surface area contributed by atoms with Crippen molar-refractivity contribution in [3.8, 4) is 5.75 Å². The molecule has 0 aromatic heterocycles. The predicted molar refractivity (Wildman–Crippen MR) is 95.5 cm³/mol. The van der Waals surface area contributed by atoms with Crippen LogP contribution in [0, 0.1) is 19.8 Å². The van der Waals surface area contributed by atoms with E-state index in [0.29, 0.717) is 5.92 Å². The Morgan fingerprint density at radius 2 is 1.92 bits per heavy atom. The molecule has 134 valence electrons. The van der Waals surface area contributed by atoms with Crippen LogP contribution in [-0.4, -0.2) is 57.3 Å². The van der Waals surface area contributed by atoms with E-state index in [1.807, 2.05) is 32.0 Å². The Bertz CT molecular complexity index is 505. The van der Waals surface area contributed by atoms with Gasteiger partial charge >= 0.3 is 0 Å². The highest BCUT2D eigenvalue weighted by molar-refractivity contribution is 5.77. The zero-order chi connectivity index (χ0) is 17.4. The molecule has 1 fully saturated rings. The zero-order valence-corrected chi connectivity index (χ0v) is 15.1. The SMILES string of the molecule is COCCN1CCC(CNC(=O)COc2c(C)cccc2C)CC1. The van der Waals surface area contributed by atoms with Crippen molar-refractivity contribution in [1.29, 1.82) is 0 Å². The van der Waals surface area contributed by atoms with Gasteiger partial charge in [0, 0.05) is 20.2 Å². The summed E-state index contributed by atoms with van der Waals surface area (Å²) in [4.78, 5) is 14.4. The number of piperidine rings is 1. The van der Waals surface area contributed by atoms with Gasteiger partial charge in [0.1, 0.15) is 5.75 Å². The number of carbonyl (C=O) groups is 1. The van der Waals surface area contributed by atoms with Gasteiger partial charge in [0.25, 0.3) is 5.91 Å². The molecule has 0 aliphatic carbocycles. The Kier molecular flexibility index (Phi) is 7.53. The fourth-order valence-electron chi connectivity index (χ4n) is 3.11. The summed E-state index contributed by atoms with van der Waals surface area (Å²) in [6.45, 7) is 8.78. The van der Waals surface area contributed by atoms with Crippen molar-refractivity contribution in [2.45, 2.75) is 26.7 Å². The van der Waals surface area contributed by atoms with Crippen molar-refractivity contribution in [2.24, 2.45) is 5.92 Å². The Morgan fingerprint density at radius 3 is 2.54 bits per heavy atom. The maximum Gasteiger partial charge on any atom is 0.257 e. The molecule has 1 saturated heterocycles. The number of nitrogens with zero attached hydrogens (tertiary/aromatic N) is 1. The monoisotopic (exact) mass is 334 g/mol. The van der Waals surface area contributed by atoms with E-state index < -0.39 is 0 Å². The average Bonchev–Trinajstić information content (AvgIpc) is 2.58. The number of hydrogen-bond acceptors (Lipinski definition) is 4. The van der Waals surface area contributed by atoms with E-state index >= 15 is 0 Å². The summed E-state index contributed by atoms with van der Waals surface area (Å²) in [5, 5.41) is 3.01. The summed E-state index contributed by atoms with van der Waals surface area (Å²) in [7, 11) is 1.74. The molecule has 1 N–H and O–H groups in total. The average molecular weight is 334 g/mol. The second kappa shape index (κ2) is 9.64. The van der Waals surface area contributed by atoms with Crippen molar-refractivity contribution in [2.75, 3.05) is 46.5 Å². The van der Waals surface area contributed by atoms with Crippen molar-refractivity contribution < 1.29 is 14.3 Å². The summed E-state index contributed by atoms with van der Waals surface area (Å²) in [5.41, 5.74) is 2.12. The Balaban J connectivity index is 1.65. The number of carbonyl (C=O) groups excluding carboxylic acids is 1. The van der Waals surface area contributed by atoms with Crippen LogP contribution in [0.5, 0.6) is 5.75 Å². The fraction of sp³-hybridized carbons (Fsp3) is 0.632. The van der Waals surface area contributed by atoms with E-state index in [2.05, 4.69) is 10.2 Å². The molecule has 0 spiro atoms. The molecule has 1 aliphatic heterocycles. The number of nitrogens with one attached hydrogen (secondary N) is 1. The van der Waals surface area contributed by atoms with Gasteiger partial charge in [0.2, 0.25) is 0 Å². The van der Waals surface area contributed by atoms with Gasteiger partial charge in [-0.15, -0.1) is 0 Å². The maximum absolute atomic E-state index is 12.0. The van der Waals surface area contributed by atoms with Gasteiger partial charge in [-0.2, -0.15) is 0 Å². The number of methoxy groups -OCH3 is 1. The highest BCUT2D eigenvalue weighted by atomic mass is 16.5. The van der Waals surface area contributed by atoms with Crippen molar-refractivity contribution in [3.63, 3.8) is 0 Å². The molecule has 5 nitrogen and oxygen atoms in total. The van der Waals surface area contributed by atoms with Crippen LogP contribution in [0.2, 0.25) is 0 Å². The molecule has 0 unspecified atom stereocenters. The molecule has 1 aromatic rings. The standard InChI is InChI=1S/C19H30N2O3/c1-15-5-4-6-16(2)19(15)24-14-18(22)20-13-17-7-9-21(10-8-17)11-12-23-3/h4-6,17H,7-14H2,1-3H3,(H,20,22). The van der Waals surface area contributed by atoms with Crippen molar-refractivity contribution >= 4 is 5.91 Å². The topological polar surface area (TPSA) is 50.8 Å². The van der Waals surface area contributed by atoms with E-state index in [1.54, 1.807) is 7.11 Å². The van der Waals surface area contributed by atoms with Crippen LogP contribution in [-0.2, 0) is 9.53 Å². The lowest BCUT2D eigenvalue weighted by molar-refractivity contribution is -0.123. The van der Waals surface area contributed by atoms with Gasteiger partial charge in [0.05, 0.1) is 6.61 Å². The number of aryl methyl sites for hydroxylation is 2. The molecular formula is C19H30N2O3. The lowest BCUT2D eigenvalue weighted by atomic mass is 9.97. The third-order valence-corrected chi connectivity index (χ3v) is 4.66. The third kappa shape index (κ3) is 5.80. The smallest absolute Gasteiger partial charge is 0.257 e.